The van der Waals surface area contributed by atoms with Crippen LogP contribution in [0.5, 0.6) is 0 Å². The zero-order valence-electron chi connectivity index (χ0n) is 6.45. The number of alkyl halides is 3. The maximum atomic E-state index is 11.5. The van der Waals surface area contributed by atoms with E-state index in [0.717, 1.165) is 13.0 Å². The highest BCUT2D eigenvalue weighted by Gasteiger charge is 2.31. The van der Waals surface area contributed by atoms with Crippen molar-refractivity contribution in [2.45, 2.75) is 25.2 Å². The molecule has 0 bridgehead atoms. The van der Waals surface area contributed by atoms with Gasteiger partial charge in [0, 0.05) is 12.6 Å². The molecule has 6 heteroatoms. The van der Waals surface area contributed by atoms with Gasteiger partial charge in [0.15, 0.2) is 0 Å². The van der Waals surface area contributed by atoms with Crippen LogP contribution in [0.3, 0.4) is 0 Å². The highest BCUT2D eigenvalue weighted by atomic mass is 19.4. The van der Waals surface area contributed by atoms with E-state index in [2.05, 4.69) is 10.2 Å². The van der Waals surface area contributed by atoms with Gasteiger partial charge in [0.25, 0.3) is 0 Å². The van der Waals surface area contributed by atoms with Crippen LogP contribution in [0.15, 0.2) is 0 Å². The van der Waals surface area contributed by atoms with Crippen molar-refractivity contribution in [2.24, 2.45) is 0 Å². The van der Waals surface area contributed by atoms with E-state index in [-0.39, 0.29) is 6.04 Å². The highest BCUT2D eigenvalue weighted by Crippen LogP contribution is 2.15. The summed E-state index contributed by atoms with van der Waals surface area (Å²) < 4.78 is 34.5. The lowest BCUT2D eigenvalue weighted by molar-refractivity contribution is -0.354. The Morgan fingerprint density at radius 3 is 2.67 bits per heavy atom. The van der Waals surface area contributed by atoms with Gasteiger partial charge in [0.1, 0.15) is 0 Å². The number of hydrogen-bond donors (Lipinski definition) is 2. The molecule has 0 spiro atoms. The van der Waals surface area contributed by atoms with Crippen molar-refractivity contribution < 1.29 is 18.0 Å². The molecule has 1 aliphatic heterocycles. The fourth-order valence-corrected chi connectivity index (χ4v) is 1.10. The van der Waals surface area contributed by atoms with Gasteiger partial charge in [-0.1, -0.05) is 0 Å². The predicted octanol–water partition coefficient (Wildman–Crippen LogP) is 0.779. The number of rotatable bonds is 2. The Balaban J connectivity index is 2.13. The normalized spacial score (nSPS) is 25.8. The van der Waals surface area contributed by atoms with Gasteiger partial charge in [-0.2, -0.15) is 5.48 Å². The lowest BCUT2D eigenvalue weighted by Gasteiger charge is -2.23. The quantitative estimate of drug-likeness (QED) is 0.622. The minimum atomic E-state index is -4.59. The molecule has 1 aliphatic rings. The predicted molar refractivity (Wildman–Crippen MR) is 36.2 cm³/mol. The zero-order chi connectivity index (χ0) is 9.03. The fourth-order valence-electron chi connectivity index (χ4n) is 1.10. The SMILES string of the molecule is FC(F)(F)ONC1CCCNC1. The molecule has 3 nitrogen and oxygen atoms in total. The van der Waals surface area contributed by atoms with Gasteiger partial charge in [-0.15, -0.1) is 13.2 Å². The Bertz CT molecular complexity index is 133. The van der Waals surface area contributed by atoms with Crippen LogP contribution in [0, 0.1) is 0 Å². The summed E-state index contributed by atoms with van der Waals surface area (Å²) in [6.07, 6.45) is -3.00. The van der Waals surface area contributed by atoms with Crippen molar-refractivity contribution >= 4 is 0 Å². The van der Waals surface area contributed by atoms with Crippen LogP contribution in [-0.4, -0.2) is 25.5 Å². The summed E-state index contributed by atoms with van der Waals surface area (Å²) in [6.45, 7) is 1.39. The minimum absolute atomic E-state index is 0.236. The van der Waals surface area contributed by atoms with Crippen LogP contribution in [0.4, 0.5) is 13.2 Å². The summed E-state index contributed by atoms with van der Waals surface area (Å²) in [5.41, 5.74) is 1.97. The van der Waals surface area contributed by atoms with E-state index in [1.807, 2.05) is 5.48 Å². The molecule has 1 fully saturated rings. The van der Waals surface area contributed by atoms with Crippen LogP contribution in [0.25, 0.3) is 0 Å². The molecule has 0 aliphatic carbocycles. The molecule has 1 heterocycles. The first-order chi connectivity index (χ1) is 5.58. The summed E-state index contributed by atoms with van der Waals surface area (Å²) in [5.74, 6) is 0. The topological polar surface area (TPSA) is 33.3 Å². The third kappa shape index (κ3) is 3.89. The van der Waals surface area contributed by atoms with Crippen molar-refractivity contribution in [3.63, 3.8) is 0 Å². The number of hydroxylamine groups is 1. The molecule has 1 rings (SSSR count). The summed E-state index contributed by atoms with van der Waals surface area (Å²) >= 11 is 0. The van der Waals surface area contributed by atoms with Crippen LogP contribution >= 0.6 is 0 Å². The second kappa shape index (κ2) is 4.06. The first-order valence-electron chi connectivity index (χ1n) is 3.79. The second-order valence-corrected chi connectivity index (χ2v) is 2.71. The van der Waals surface area contributed by atoms with Crippen molar-refractivity contribution in [3.05, 3.63) is 0 Å². The average molecular weight is 184 g/mol. The van der Waals surface area contributed by atoms with Crippen LogP contribution in [0.2, 0.25) is 0 Å². The Morgan fingerprint density at radius 1 is 1.42 bits per heavy atom. The van der Waals surface area contributed by atoms with Crippen molar-refractivity contribution in [1.29, 1.82) is 0 Å². The van der Waals surface area contributed by atoms with Crippen molar-refractivity contribution in [1.82, 2.24) is 10.8 Å². The molecule has 1 saturated heterocycles. The van der Waals surface area contributed by atoms with Gasteiger partial charge in [0.2, 0.25) is 0 Å². The van der Waals surface area contributed by atoms with Gasteiger partial charge in [0.05, 0.1) is 0 Å². The second-order valence-electron chi connectivity index (χ2n) is 2.71. The molecule has 0 saturated carbocycles. The molecule has 72 valence electrons. The van der Waals surface area contributed by atoms with Crippen LogP contribution in [-0.2, 0) is 4.84 Å². The van der Waals surface area contributed by atoms with Crippen molar-refractivity contribution in [3.8, 4) is 0 Å². The molecule has 0 amide bonds. The molecule has 0 aromatic carbocycles. The lowest BCUT2D eigenvalue weighted by atomic mass is 10.1. The molecule has 1 atom stereocenters. The third-order valence-electron chi connectivity index (χ3n) is 1.64. The van der Waals surface area contributed by atoms with Gasteiger partial charge < -0.3 is 5.32 Å². The Hall–Kier alpha value is -0.330. The molecular weight excluding hydrogens is 173 g/mol. The average Bonchev–Trinajstić information content (AvgIpc) is 2.02. The third-order valence-corrected chi connectivity index (χ3v) is 1.64. The van der Waals surface area contributed by atoms with E-state index in [1.165, 1.54) is 0 Å². The van der Waals surface area contributed by atoms with Crippen molar-refractivity contribution in [2.75, 3.05) is 13.1 Å². The first-order valence-corrected chi connectivity index (χ1v) is 3.79. The maximum Gasteiger partial charge on any atom is 0.538 e. The monoisotopic (exact) mass is 184 g/mol. The summed E-state index contributed by atoms with van der Waals surface area (Å²) in [7, 11) is 0. The Kier molecular flexibility index (Phi) is 3.30. The van der Waals surface area contributed by atoms with Gasteiger partial charge in [-0.25, -0.2) is 4.84 Å². The molecule has 0 radical (unpaired) electrons. The molecule has 2 N–H and O–H groups in total. The molecule has 12 heavy (non-hydrogen) atoms. The van der Waals surface area contributed by atoms with Crippen LogP contribution < -0.4 is 10.8 Å². The first kappa shape index (κ1) is 9.76. The maximum absolute atomic E-state index is 11.5. The molecule has 1 unspecified atom stereocenters. The molecule has 0 aromatic heterocycles. The summed E-state index contributed by atoms with van der Waals surface area (Å²) in [4.78, 5) is 3.48. The summed E-state index contributed by atoms with van der Waals surface area (Å²) in [5, 5.41) is 2.96. The van der Waals surface area contributed by atoms with Crippen LogP contribution in [0.1, 0.15) is 12.8 Å². The fraction of sp³-hybridized carbons (Fsp3) is 1.00. The van der Waals surface area contributed by atoms with Gasteiger partial charge in [-0.05, 0) is 19.4 Å². The van der Waals surface area contributed by atoms with E-state index in [4.69, 9.17) is 0 Å². The molecule has 0 aromatic rings. The Morgan fingerprint density at radius 2 is 2.17 bits per heavy atom. The number of hydrogen-bond acceptors (Lipinski definition) is 3. The Labute approximate surface area is 68.2 Å². The highest BCUT2D eigenvalue weighted by molar-refractivity contribution is 4.71. The number of halogens is 3. The van der Waals surface area contributed by atoms with E-state index < -0.39 is 6.36 Å². The number of piperidine rings is 1. The minimum Gasteiger partial charge on any atom is -0.315 e. The van der Waals surface area contributed by atoms with E-state index in [0.29, 0.717) is 13.0 Å². The van der Waals surface area contributed by atoms with E-state index in [1.54, 1.807) is 0 Å². The van der Waals surface area contributed by atoms with Gasteiger partial charge >= 0.3 is 6.36 Å². The zero-order valence-corrected chi connectivity index (χ0v) is 6.45. The number of nitrogens with one attached hydrogen (secondary N) is 2. The lowest BCUT2D eigenvalue weighted by Crippen LogP contribution is -2.44. The van der Waals surface area contributed by atoms with E-state index >= 15 is 0 Å². The largest absolute Gasteiger partial charge is 0.538 e. The summed E-state index contributed by atoms with van der Waals surface area (Å²) in [6, 6.07) is -0.236. The smallest absolute Gasteiger partial charge is 0.315 e. The standard InChI is InChI=1S/C6H11F3N2O/c7-6(8,9)12-11-5-2-1-3-10-4-5/h5,10-11H,1-4H2. The van der Waals surface area contributed by atoms with Gasteiger partial charge in [-0.3, -0.25) is 0 Å². The molecular formula is C6H11F3N2O. The van der Waals surface area contributed by atoms with E-state index in [9.17, 15) is 13.2 Å².